The average Bonchev–Trinajstić information content (AvgIpc) is 2.95. The first-order valence-electron chi connectivity index (χ1n) is 9.69. The second-order valence-corrected chi connectivity index (χ2v) is 7.23. The summed E-state index contributed by atoms with van der Waals surface area (Å²) in [5.41, 5.74) is 6.70. The minimum absolute atomic E-state index is 0. The summed E-state index contributed by atoms with van der Waals surface area (Å²) in [4.78, 5) is 17.2. The van der Waals surface area contributed by atoms with Gasteiger partial charge in [0.05, 0.1) is 17.9 Å². The summed E-state index contributed by atoms with van der Waals surface area (Å²) in [5, 5.41) is 11.0. The number of benzene rings is 1. The van der Waals surface area contributed by atoms with Gasteiger partial charge in [-0.15, -0.1) is 24.8 Å². The van der Waals surface area contributed by atoms with Crippen molar-refractivity contribution in [3.05, 3.63) is 70.8 Å². The molecule has 0 bridgehead atoms. The Bertz CT molecular complexity index is 995. The average molecular weight is 448 g/mol. The number of carbonyl (C=O) groups excluding carboxylic acids is 1. The third kappa shape index (κ3) is 5.39. The van der Waals surface area contributed by atoms with Gasteiger partial charge in [-0.05, 0) is 56.6 Å². The van der Waals surface area contributed by atoms with Gasteiger partial charge >= 0.3 is 0 Å². The highest BCUT2D eigenvalue weighted by Gasteiger charge is 2.13. The molecule has 1 aromatic carbocycles. The first kappa shape index (κ1) is 23.9. The second-order valence-electron chi connectivity index (χ2n) is 7.23. The number of hydrogen-bond acceptors (Lipinski definition) is 4. The van der Waals surface area contributed by atoms with Crippen molar-refractivity contribution in [3.63, 3.8) is 0 Å². The number of nitrogens with zero attached hydrogens (tertiary/aromatic N) is 3. The third-order valence-corrected chi connectivity index (χ3v) is 5.03. The van der Waals surface area contributed by atoms with Crippen LogP contribution < -0.4 is 10.6 Å². The van der Waals surface area contributed by atoms with Gasteiger partial charge in [0, 0.05) is 35.6 Å². The Balaban J connectivity index is 0.00000160. The predicted octanol–water partition coefficient (Wildman–Crippen LogP) is 3.83. The van der Waals surface area contributed by atoms with Crippen molar-refractivity contribution in [2.75, 3.05) is 6.54 Å². The van der Waals surface area contributed by atoms with Crippen molar-refractivity contribution in [3.8, 4) is 11.1 Å². The van der Waals surface area contributed by atoms with Crippen molar-refractivity contribution in [2.24, 2.45) is 0 Å². The van der Waals surface area contributed by atoms with E-state index in [1.54, 1.807) is 0 Å². The molecule has 0 spiro atoms. The topological polar surface area (TPSA) is 71.8 Å². The second kappa shape index (κ2) is 10.6. The highest BCUT2D eigenvalue weighted by Crippen LogP contribution is 2.23. The zero-order valence-electron chi connectivity index (χ0n) is 17.1. The van der Waals surface area contributed by atoms with Crippen LogP contribution in [0.3, 0.4) is 0 Å². The van der Waals surface area contributed by atoms with E-state index in [2.05, 4.69) is 32.8 Å². The quantitative estimate of drug-likeness (QED) is 0.637. The minimum Gasteiger partial charge on any atom is -0.346 e. The normalized spacial score (nSPS) is 12.7. The number of aryl methyl sites for hydroxylation is 3. The molecule has 3 heterocycles. The lowest BCUT2D eigenvalue weighted by Gasteiger charge is -2.09. The zero-order valence-corrected chi connectivity index (χ0v) is 18.8. The van der Waals surface area contributed by atoms with E-state index in [4.69, 9.17) is 0 Å². The van der Waals surface area contributed by atoms with Crippen LogP contribution in [0.1, 0.15) is 39.6 Å². The molecule has 0 fully saturated rings. The van der Waals surface area contributed by atoms with Crippen molar-refractivity contribution in [1.29, 1.82) is 0 Å². The number of aromatic nitrogens is 3. The first-order chi connectivity index (χ1) is 13.6. The van der Waals surface area contributed by atoms with Crippen LogP contribution in [0.25, 0.3) is 11.1 Å². The predicted molar refractivity (Wildman–Crippen MR) is 123 cm³/mol. The highest BCUT2D eigenvalue weighted by atomic mass is 35.5. The highest BCUT2D eigenvalue weighted by molar-refractivity contribution is 5.95. The third-order valence-electron chi connectivity index (χ3n) is 5.03. The summed E-state index contributed by atoms with van der Waals surface area (Å²) in [7, 11) is 0. The maximum atomic E-state index is 12.7. The van der Waals surface area contributed by atoms with Gasteiger partial charge in [-0.1, -0.05) is 18.2 Å². The van der Waals surface area contributed by atoms with Gasteiger partial charge < -0.3 is 10.6 Å². The number of fused-ring (bicyclic) bond motifs is 1. The number of amides is 1. The molecule has 0 atom stereocenters. The summed E-state index contributed by atoms with van der Waals surface area (Å²) in [5.74, 6) is -0.0964. The lowest BCUT2D eigenvalue weighted by molar-refractivity contribution is 0.0950. The number of pyridine rings is 1. The standard InChI is InChI=1S/C22H25N5O.2ClH/c1-15-7-8-21(16(2)25-15)17-5-3-6-18(11-17)22(28)24-13-19-12-20-14-23-9-4-10-27(20)26-19;;/h3,5-8,11-12,23H,4,9-10,13-14H2,1-2H3,(H,24,28);2*1H. The van der Waals surface area contributed by atoms with Crippen LogP contribution in [0.4, 0.5) is 0 Å². The van der Waals surface area contributed by atoms with Crippen molar-refractivity contribution < 1.29 is 4.79 Å². The molecule has 0 saturated heterocycles. The van der Waals surface area contributed by atoms with Crippen molar-refractivity contribution in [1.82, 2.24) is 25.4 Å². The molecule has 6 nitrogen and oxygen atoms in total. The fourth-order valence-corrected chi connectivity index (χ4v) is 3.60. The summed E-state index contributed by atoms with van der Waals surface area (Å²) in [6.45, 7) is 7.16. The van der Waals surface area contributed by atoms with Crippen molar-refractivity contribution >= 4 is 30.7 Å². The fourth-order valence-electron chi connectivity index (χ4n) is 3.60. The van der Waals surface area contributed by atoms with E-state index in [1.807, 2.05) is 48.9 Å². The molecule has 30 heavy (non-hydrogen) atoms. The Morgan fingerprint density at radius 1 is 1.17 bits per heavy atom. The summed E-state index contributed by atoms with van der Waals surface area (Å²) in [6.07, 6.45) is 1.07. The van der Waals surface area contributed by atoms with Crippen LogP contribution in [0, 0.1) is 13.8 Å². The largest absolute Gasteiger partial charge is 0.346 e. The number of rotatable bonds is 4. The molecule has 4 rings (SSSR count). The van der Waals surface area contributed by atoms with Crippen LogP contribution in [0.5, 0.6) is 0 Å². The summed E-state index contributed by atoms with van der Waals surface area (Å²) < 4.78 is 2.04. The van der Waals surface area contributed by atoms with E-state index in [1.165, 1.54) is 5.69 Å². The Labute approximate surface area is 189 Å². The fraction of sp³-hybridized carbons (Fsp3) is 0.318. The van der Waals surface area contributed by atoms with E-state index in [9.17, 15) is 4.79 Å². The van der Waals surface area contributed by atoms with Gasteiger partial charge in [0.2, 0.25) is 0 Å². The number of carbonyl (C=O) groups is 1. The SMILES string of the molecule is Cc1ccc(-c2cccc(C(=O)NCc3cc4n(n3)CCCNC4)c2)c(C)n1.Cl.Cl. The first-order valence-corrected chi connectivity index (χ1v) is 9.69. The molecule has 2 aromatic heterocycles. The van der Waals surface area contributed by atoms with Gasteiger partial charge in [0.1, 0.15) is 0 Å². The maximum Gasteiger partial charge on any atom is 0.251 e. The van der Waals surface area contributed by atoms with Gasteiger partial charge in [0.25, 0.3) is 5.91 Å². The lowest BCUT2D eigenvalue weighted by atomic mass is 10.0. The van der Waals surface area contributed by atoms with Crippen LogP contribution in [0.15, 0.2) is 42.5 Å². The Hall–Kier alpha value is -2.41. The number of hydrogen-bond donors (Lipinski definition) is 2. The van der Waals surface area contributed by atoms with E-state index in [0.717, 1.165) is 54.3 Å². The molecule has 1 aliphatic rings. The molecule has 3 aromatic rings. The molecule has 2 N–H and O–H groups in total. The molecular formula is C22H27Cl2N5O. The Morgan fingerprint density at radius 2 is 2.00 bits per heavy atom. The molecule has 1 amide bonds. The molecule has 0 unspecified atom stereocenters. The van der Waals surface area contributed by atoms with E-state index < -0.39 is 0 Å². The molecule has 1 aliphatic heterocycles. The van der Waals surface area contributed by atoms with Crippen LogP contribution >= 0.6 is 24.8 Å². The zero-order chi connectivity index (χ0) is 19.5. The van der Waals surface area contributed by atoms with E-state index >= 15 is 0 Å². The molecular weight excluding hydrogens is 421 g/mol. The Morgan fingerprint density at radius 3 is 2.80 bits per heavy atom. The molecule has 0 aliphatic carbocycles. The molecule has 8 heteroatoms. The van der Waals surface area contributed by atoms with Gasteiger partial charge in [-0.2, -0.15) is 5.10 Å². The van der Waals surface area contributed by atoms with Crippen molar-refractivity contribution in [2.45, 2.75) is 39.9 Å². The molecule has 160 valence electrons. The van der Waals surface area contributed by atoms with E-state index in [0.29, 0.717) is 12.1 Å². The lowest BCUT2D eigenvalue weighted by Crippen LogP contribution is -2.23. The van der Waals surface area contributed by atoms with Crippen LogP contribution in [0.2, 0.25) is 0 Å². The van der Waals surface area contributed by atoms with Crippen LogP contribution in [-0.4, -0.2) is 27.2 Å². The number of nitrogens with one attached hydrogen (secondary N) is 2. The van der Waals surface area contributed by atoms with Gasteiger partial charge in [-0.3, -0.25) is 14.5 Å². The monoisotopic (exact) mass is 447 g/mol. The molecule has 0 saturated carbocycles. The van der Waals surface area contributed by atoms with Gasteiger partial charge in [0.15, 0.2) is 0 Å². The minimum atomic E-state index is -0.0964. The molecule has 0 radical (unpaired) electrons. The Kier molecular flexibility index (Phi) is 8.41. The summed E-state index contributed by atoms with van der Waals surface area (Å²) >= 11 is 0. The van der Waals surface area contributed by atoms with E-state index in [-0.39, 0.29) is 30.7 Å². The maximum absolute atomic E-state index is 12.7. The number of halogens is 2. The summed E-state index contributed by atoms with van der Waals surface area (Å²) in [6, 6.07) is 13.8. The van der Waals surface area contributed by atoms with Gasteiger partial charge in [-0.25, -0.2) is 0 Å². The van der Waals surface area contributed by atoms with Crippen LogP contribution in [-0.2, 0) is 19.6 Å². The smallest absolute Gasteiger partial charge is 0.251 e.